The van der Waals surface area contributed by atoms with Crippen LogP contribution in [0.1, 0.15) is 21.6 Å². The Balaban J connectivity index is 1.55. The molecule has 5 nitrogen and oxygen atoms in total. The highest BCUT2D eigenvalue weighted by Crippen LogP contribution is 2.22. The van der Waals surface area contributed by atoms with Gasteiger partial charge < -0.3 is 5.32 Å². The molecular formula is C22H20ClN3O2S2. The Labute approximate surface area is 189 Å². The molecule has 8 heteroatoms. The fraction of sp³-hybridized carbons (Fsp3) is 0.182. The van der Waals surface area contributed by atoms with E-state index in [9.17, 15) is 9.59 Å². The van der Waals surface area contributed by atoms with E-state index in [4.69, 9.17) is 11.6 Å². The number of Topliss-reactive ketones (excluding diaryl/α,β-unsaturated/α-hetero) is 1. The number of anilines is 1. The fourth-order valence-electron chi connectivity index (χ4n) is 2.47. The Hall–Kier alpha value is -2.35. The number of benzene rings is 2. The number of carbonyl (C=O) groups excluding carboxylic acids is 2. The summed E-state index contributed by atoms with van der Waals surface area (Å²) in [6.45, 7) is 3.85. The van der Waals surface area contributed by atoms with Gasteiger partial charge in [0.05, 0.1) is 11.5 Å². The standard InChI is InChI=1S/C22H20ClN3O2S2/c1-14-3-5-16(6-4-14)19(27)12-30-22-24-15(2)11-21(26-22)29-13-20(28)25-18-9-7-17(23)8-10-18/h3-11H,12-13H2,1-2H3,(H,25,28). The van der Waals surface area contributed by atoms with Crippen LogP contribution in [-0.4, -0.2) is 33.2 Å². The summed E-state index contributed by atoms with van der Waals surface area (Å²) in [5, 5.41) is 4.65. The van der Waals surface area contributed by atoms with E-state index in [0.717, 1.165) is 11.3 Å². The first-order chi connectivity index (χ1) is 14.4. The minimum atomic E-state index is -0.137. The molecule has 0 aliphatic rings. The third-order valence-corrected chi connectivity index (χ3v) is 6.01. The summed E-state index contributed by atoms with van der Waals surface area (Å²) in [5.74, 6) is 0.364. The van der Waals surface area contributed by atoms with E-state index >= 15 is 0 Å². The molecule has 0 bridgehead atoms. The third-order valence-electron chi connectivity index (χ3n) is 4.00. The molecule has 3 rings (SSSR count). The molecule has 2 aromatic carbocycles. The van der Waals surface area contributed by atoms with Gasteiger partial charge in [-0.1, -0.05) is 65.0 Å². The molecule has 0 fully saturated rings. The number of thioether (sulfide) groups is 2. The molecule has 3 aromatic rings. The van der Waals surface area contributed by atoms with Crippen molar-refractivity contribution in [3.8, 4) is 0 Å². The first-order valence-electron chi connectivity index (χ1n) is 9.15. The normalized spacial score (nSPS) is 10.6. The average molecular weight is 458 g/mol. The zero-order chi connectivity index (χ0) is 21.5. The highest BCUT2D eigenvalue weighted by molar-refractivity contribution is 8.00. The molecule has 0 unspecified atom stereocenters. The summed E-state index contributed by atoms with van der Waals surface area (Å²) in [6, 6.07) is 16.3. The lowest BCUT2D eigenvalue weighted by atomic mass is 10.1. The van der Waals surface area contributed by atoms with Crippen molar-refractivity contribution in [2.24, 2.45) is 0 Å². The van der Waals surface area contributed by atoms with Gasteiger partial charge in [-0.2, -0.15) is 0 Å². The second-order valence-electron chi connectivity index (χ2n) is 6.55. The minimum Gasteiger partial charge on any atom is -0.325 e. The van der Waals surface area contributed by atoms with Gasteiger partial charge in [0.15, 0.2) is 10.9 Å². The highest BCUT2D eigenvalue weighted by atomic mass is 35.5. The van der Waals surface area contributed by atoms with Gasteiger partial charge in [0.2, 0.25) is 5.91 Å². The van der Waals surface area contributed by atoms with Crippen LogP contribution in [-0.2, 0) is 4.79 Å². The molecule has 30 heavy (non-hydrogen) atoms. The van der Waals surface area contributed by atoms with Crippen LogP contribution in [0, 0.1) is 13.8 Å². The first kappa shape index (κ1) is 22.3. The van der Waals surface area contributed by atoms with Crippen molar-refractivity contribution in [3.05, 3.63) is 76.4 Å². The van der Waals surface area contributed by atoms with Crippen LogP contribution in [0.15, 0.2) is 64.8 Å². The molecule has 0 aliphatic heterocycles. The molecule has 0 atom stereocenters. The number of halogens is 1. The maximum Gasteiger partial charge on any atom is 0.234 e. The number of carbonyl (C=O) groups is 2. The van der Waals surface area contributed by atoms with Crippen LogP contribution >= 0.6 is 35.1 Å². The second kappa shape index (κ2) is 10.6. The molecule has 0 spiro atoms. The van der Waals surface area contributed by atoms with E-state index < -0.39 is 0 Å². The molecule has 0 radical (unpaired) electrons. The number of ketones is 1. The van der Waals surface area contributed by atoms with Crippen LogP contribution in [0.2, 0.25) is 5.02 Å². The number of aromatic nitrogens is 2. The lowest BCUT2D eigenvalue weighted by Crippen LogP contribution is -2.14. The van der Waals surface area contributed by atoms with Crippen molar-refractivity contribution in [1.82, 2.24) is 9.97 Å². The van der Waals surface area contributed by atoms with Gasteiger partial charge in [-0.25, -0.2) is 9.97 Å². The topological polar surface area (TPSA) is 72.0 Å². The predicted molar refractivity (Wildman–Crippen MR) is 124 cm³/mol. The van der Waals surface area contributed by atoms with Crippen LogP contribution in [0.25, 0.3) is 0 Å². The van der Waals surface area contributed by atoms with Crippen molar-refractivity contribution in [2.75, 3.05) is 16.8 Å². The Morgan fingerprint density at radius 3 is 2.33 bits per heavy atom. The number of nitrogens with one attached hydrogen (secondary N) is 1. The Morgan fingerprint density at radius 1 is 0.933 bits per heavy atom. The number of aryl methyl sites for hydroxylation is 2. The monoisotopic (exact) mass is 457 g/mol. The molecule has 154 valence electrons. The van der Waals surface area contributed by atoms with Crippen LogP contribution in [0.5, 0.6) is 0 Å². The van der Waals surface area contributed by atoms with E-state index in [-0.39, 0.29) is 23.2 Å². The summed E-state index contributed by atoms with van der Waals surface area (Å²) < 4.78 is 0. The van der Waals surface area contributed by atoms with Crippen LogP contribution < -0.4 is 5.32 Å². The zero-order valence-corrected chi connectivity index (χ0v) is 18.9. The van der Waals surface area contributed by atoms with E-state index in [1.807, 2.05) is 44.2 Å². The minimum absolute atomic E-state index is 0.0293. The van der Waals surface area contributed by atoms with Gasteiger partial charge >= 0.3 is 0 Å². The van der Waals surface area contributed by atoms with Gasteiger partial charge in [0, 0.05) is 22.0 Å². The number of amides is 1. The second-order valence-corrected chi connectivity index (χ2v) is 8.93. The van der Waals surface area contributed by atoms with Crippen LogP contribution in [0.4, 0.5) is 5.69 Å². The van der Waals surface area contributed by atoms with Gasteiger partial charge in [-0.05, 0) is 44.2 Å². The number of nitrogens with zero attached hydrogens (tertiary/aromatic N) is 2. The van der Waals surface area contributed by atoms with Crippen LogP contribution in [0.3, 0.4) is 0 Å². The fourth-order valence-corrected chi connectivity index (χ4v) is 4.21. The SMILES string of the molecule is Cc1ccc(C(=O)CSc2nc(C)cc(SCC(=O)Nc3ccc(Cl)cc3)n2)cc1. The Kier molecular flexibility index (Phi) is 7.90. The third kappa shape index (κ3) is 6.86. The van der Waals surface area contributed by atoms with Crippen molar-refractivity contribution in [1.29, 1.82) is 0 Å². The van der Waals surface area contributed by atoms with E-state index in [2.05, 4.69) is 15.3 Å². The number of hydrogen-bond donors (Lipinski definition) is 1. The Morgan fingerprint density at radius 2 is 1.63 bits per heavy atom. The molecule has 1 aromatic heterocycles. The molecule has 1 N–H and O–H groups in total. The van der Waals surface area contributed by atoms with Crippen molar-refractivity contribution in [2.45, 2.75) is 24.0 Å². The zero-order valence-electron chi connectivity index (χ0n) is 16.5. The molecule has 0 saturated heterocycles. The summed E-state index contributed by atoms with van der Waals surface area (Å²) >= 11 is 8.47. The van der Waals surface area contributed by atoms with Crippen molar-refractivity contribution >= 4 is 52.5 Å². The average Bonchev–Trinajstić information content (AvgIpc) is 2.72. The molecule has 1 heterocycles. The summed E-state index contributed by atoms with van der Waals surface area (Å²) in [5.41, 5.74) is 3.27. The van der Waals surface area contributed by atoms with E-state index in [0.29, 0.717) is 26.5 Å². The van der Waals surface area contributed by atoms with Gasteiger partial charge in [-0.15, -0.1) is 0 Å². The quantitative estimate of drug-likeness (QED) is 0.210. The predicted octanol–water partition coefficient (Wildman–Crippen LogP) is 5.45. The smallest absolute Gasteiger partial charge is 0.234 e. The molecule has 0 aliphatic carbocycles. The Bertz CT molecular complexity index is 1040. The van der Waals surface area contributed by atoms with Crippen molar-refractivity contribution in [3.63, 3.8) is 0 Å². The van der Waals surface area contributed by atoms with E-state index in [1.54, 1.807) is 24.3 Å². The first-order valence-corrected chi connectivity index (χ1v) is 11.5. The molecular weight excluding hydrogens is 438 g/mol. The largest absolute Gasteiger partial charge is 0.325 e. The molecule has 0 saturated carbocycles. The summed E-state index contributed by atoms with van der Waals surface area (Å²) in [7, 11) is 0. The maximum atomic E-state index is 12.4. The summed E-state index contributed by atoms with van der Waals surface area (Å²) in [4.78, 5) is 33.4. The lowest BCUT2D eigenvalue weighted by molar-refractivity contribution is -0.113. The van der Waals surface area contributed by atoms with Gasteiger partial charge in [0.25, 0.3) is 0 Å². The van der Waals surface area contributed by atoms with E-state index in [1.165, 1.54) is 23.5 Å². The lowest BCUT2D eigenvalue weighted by Gasteiger charge is -2.07. The van der Waals surface area contributed by atoms with Crippen molar-refractivity contribution < 1.29 is 9.59 Å². The van der Waals surface area contributed by atoms with Gasteiger partial charge in [0.1, 0.15) is 5.03 Å². The molecule has 1 amide bonds. The maximum absolute atomic E-state index is 12.4. The highest BCUT2D eigenvalue weighted by Gasteiger charge is 2.11. The number of hydrogen-bond acceptors (Lipinski definition) is 6. The van der Waals surface area contributed by atoms with Gasteiger partial charge in [-0.3, -0.25) is 9.59 Å². The summed E-state index contributed by atoms with van der Waals surface area (Å²) in [6.07, 6.45) is 0. The number of rotatable bonds is 8.